The molecule has 0 unspecified atom stereocenters. The van der Waals surface area contributed by atoms with Crippen LogP contribution in [0.25, 0.3) is 0 Å². The number of para-hydroxylation sites is 1. The number of benzene rings is 3. The van der Waals surface area contributed by atoms with Crippen molar-refractivity contribution in [3.8, 4) is 0 Å². The summed E-state index contributed by atoms with van der Waals surface area (Å²) < 4.78 is 33.8. The maximum atomic E-state index is 13.5. The molecule has 0 aliphatic carbocycles. The van der Waals surface area contributed by atoms with Crippen molar-refractivity contribution in [2.75, 3.05) is 43.7 Å². The lowest BCUT2D eigenvalue weighted by molar-refractivity contribution is 0.0332. The molecule has 5 rings (SSSR count). The van der Waals surface area contributed by atoms with Crippen LogP contribution in [0.4, 0.5) is 5.69 Å². The van der Waals surface area contributed by atoms with Crippen LogP contribution in [-0.2, 0) is 21.2 Å². The highest BCUT2D eigenvalue weighted by Gasteiger charge is 2.31. The van der Waals surface area contributed by atoms with Crippen molar-refractivity contribution in [3.05, 3.63) is 95.6 Å². The zero-order chi connectivity index (χ0) is 24.3. The number of hydrogen-bond acceptors (Lipinski definition) is 5. The fraction of sp³-hybridized carbons (Fsp3) is 0.296. The van der Waals surface area contributed by atoms with E-state index < -0.39 is 10.0 Å². The van der Waals surface area contributed by atoms with Crippen LogP contribution in [0, 0.1) is 0 Å². The van der Waals surface area contributed by atoms with Crippen molar-refractivity contribution in [2.45, 2.75) is 17.4 Å². The fourth-order valence-corrected chi connectivity index (χ4v) is 6.24. The van der Waals surface area contributed by atoms with E-state index in [0.29, 0.717) is 44.0 Å². The van der Waals surface area contributed by atoms with Gasteiger partial charge in [-0.2, -0.15) is 0 Å². The Morgan fingerprint density at radius 1 is 0.914 bits per heavy atom. The number of morpholine rings is 1. The Balaban J connectivity index is 1.37. The quantitative estimate of drug-likeness (QED) is 0.549. The summed E-state index contributed by atoms with van der Waals surface area (Å²) in [4.78, 5) is 15.7. The van der Waals surface area contributed by atoms with Crippen LogP contribution in [0.5, 0.6) is 0 Å². The molecule has 35 heavy (non-hydrogen) atoms. The molecule has 1 saturated heterocycles. The summed E-state index contributed by atoms with van der Waals surface area (Å²) in [6.45, 7) is 4.02. The monoisotopic (exact) mass is 491 g/mol. The van der Waals surface area contributed by atoms with Gasteiger partial charge in [-0.25, -0.2) is 8.42 Å². The van der Waals surface area contributed by atoms with E-state index in [-0.39, 0.29) is 16.8 Å². The Hall–Kier alpha value is -3.20. The first-order chi connectivity index (χ1) is 17.0. The number of fused-ring (bicyclic) bond motifs is 1. The van der Waals surface area contributed by atoms with Gasteiger partial charge in [-0.05, 0) is 41.8 Å². The molecule has 1 N–H and O–H groups in total. The molecule has 2 aliphatic heterocycles. The summed E-state index contributed by atoms with van der Waals surface area (Å²) in [5, 5.41) is 3.13. The van der Waals surface area contributed by atoms with Crippen LogP contribution in [0.1, 0.15) is 27.5 Å². The van der Waals surface area contributed by atoms with Gasteiger partial charge in [0.05, 0.1) is 29.8 Å². The Kier molecular flexibility index (Phi) is 6.86. The van der Waals surface area contributed by atoms with E-state index in [1.807, 2.05) is 54.6 Å². The first-order valence-corrected chi connectivity index (χ1v) is 13.3. The molecule has 0 aromatic heterocycles. The molecule has 3 aromatic carbocycles. The summed E-state index contributed by atoms with van der Waals surface area (Å²) in [7, 11) is -3.78. The molecule has 2 heterocycles. The molecule has 2 aliphatic rings. The maximum Gasteiger partial charge on any atom is 0.264 e. The highest BCUT2D eigenvalue weighted by atomic mass is 32.2. The molecule has 1 atom stereocenters. The molecule has 1 fully saturated rings. The second-order valence-electron chi connectivity index (χ2n) is 8.83. The Morgan fingerprint density at radius 3 is 2.46 bits per heavy atom. The minimum atomic E-state index is -3.78. The summed E-state index contributed by atoms with van der Waals surface area (Å²) in [6.07, 6.45) is 0.676. The van der Waals surface area contributed by atoms with Gasteiger partial charge in [0.1, 0.15) is 0 Å². The van der Waals surface area contributed by atoms with Gasteiger partial charge in [-0.15, -0.1) is 0 Å². The van der Waals surface area contributed by atoms with Gasteiger partial charge < -0.3 is 10.1 Å². The second kappa shape index (κ2) is 10.2. The third-order valence-electron chi connectivity index (χ3n) is 6.58. The molecular weight excluding hydrogens is 462 g/mol. The molecule has 0 radical (unpaired) electrons. The van der Waals surface area contributed by atoms with Crippen molar-refractivity contribution in [1.82, 2.24) is 10.2 Å². The van der Waals surface area contributed by atoms with E-state index in [1.165, 1.54) is 10.4 Å². The van der Waals surface area contributed by atoms with Gasteiger partial charge >= 0.3 is 0 Å². The average molecular weight is 492 g/mol. The van der Waals surface area contributed by atoms with Gasteiger partial charge in [-0.3, -0.25) is 14.0 Å². The van der Waals surface area contributed by atoms with Crippen molar-refractivity contribution < 1.29 is 17.9 Å². The number of carbonyl (C=O) groups is 1. The van der Waals surface area contributed by atoms with E-state index in [2.05, 4.69) is 10.2 Å². The zero-order valence-corrected chi connectivity index (χ0v) is 20.3. The number of ether oxygens (including phenoxy) is 1. The van der Waals surface area contributed by atoms with E-state index in [0.717, 1.165) is 24.2 Å². The molecule has 0 spiro atoms. The molecule has 182 valence electrons. The Bertz CT molecular complexity index is 1290. The van der Waals surface area contributed by atoms with Crippen LogP contribution in [0.2, 0.25) is 0 Å². The minimum Gasteiger partial charge on any atom is -0.379 e. The molecule has 0 saturated carbocycles. The van der Waals surface area contributed by atoms with Gasteiger partial charge in [0.25, 0.3) is 15.9 Å². The lowest BCUT2D eigenvalue weighted by Gasteiger charge is -2.31. The molecular formula is C27H29N3O4S. The van der Waals surface area contributed by atoms with Crippen LogP contribution < -0.4 is 9.62 Å². The fourth-order valence-electron chi connectivity index (χ4n) is 4.69. The summed E-state index contributed by atoms with van der Waals surface area (Å²) in [5.74, 6) is -0.300. The van der Waals surface area contributed by atoms with Crippen molar-refractivity contribution >= 4 is 21.6 Å². The molecule has 0 bridgehead atoms. The average Bonchev–Trinajstić information content (AvgIpc) is 3.35. The molecule has 8 heteroatoms. The highest BCUT2D eigenvalue weighted by molar-refractivity contribution is 7.92. The molecule has 1 amide bonds. The number of rotatable bonds is 7. The SMILES string of the molecule is O=C(N[C@@H](CN1CCOCC1)c1ccccc1)c1cccc(S(=O)(=O)N2CCc3ccccc32)c1. The van der Waals surface area contributed by atoms with E-state index in [1.54, 1.807) is 18.2 Å². The summed E-state index contributed by atoms with van der Waals surface area (Å²) >= 11 is 0. The Morgan fingerprint density at radius 2 is 1.66 bits per heavy atom. The third kappa shape index (κ3) is 5.10. The largest absolute Gasteiger partial charge is 0.379 e. The van der Waals surface area contributed by atoms with Crippen LogP contribution in [0.15, 0.2) is 83.8 Å². The number of carbonyl (C=O) groups excluding carboxylic acids is 1. The topological polar surface area (TPSA) is 79.0 Å². The Labute approximate surface area is 206 Å². The van der Waals surface area contributed by atoms with Crippen molar-refractivity contribution in [3.63, 3.8) is 0 Å². The normalized spacial score (nSPS) is 17.1. The van der Waals surface area contributed by atoms with E-state index in [4.69, 9.17) is 4.74 Å². The second-order valence-corrected chi connectivity index (χ2v) is 10.7. The van der Waals surface area contributed by atoms with E-state index >= 15 is 0 Å². The standard InChI is InChI=1S/C27H29N3O4S/c31-27(28-25(21-7-2-1-3-8-21)20-29-15-17-34-18-16-29)23-10-6-11-24(19-23)35(32,33)30-14-13-22-9-4-5-12-26(22)30/h1-12,19,25H,13-18,20H2,(H,28,31)/t25-/m0/s1. The maximum absolute atomic E-state index is 13.5. The lowest BCUT2D eigenvalue weighted by atomic mass is 10.1. The van der Waals surface area contributed by atoms with Crippen LogP contribution >= 0.6 is 0 Å². The minimum absolute atomic E-state index is 0.117. The van der Waals surface area contributed by atoms with E-state index in [9.17, 15) is 13.2 Å². The summed E-state index contributed by atoms with van der Waals surface area (Å²) in [5.41, 5.74) is 3.04. The zero-order valence-electron chi connectivity index (χ0n) is 19.5. The number of anilines is 1. The predicted molar refractivity (Wildman–Crippen MR) is 135 cm³/mol. The van der Waals surface area contributed by atoms with Crippen LogP contribution in [-0.4, -0.2) is 58.6 Å². The highest BCUT2D eigenvalue weighted by Crippen LogP contribution is 2.32. The van der Waals surface area contributed by atoms with Gasteiger partial charge in [-0.1, -0.05) is 54.6 Å². The number of nitrogens with one attached hydrogen (secondary N) is 1. The first kappa shape index (κ1) is 23.5. The number of hydrogen-bond donors (Lipinski definition) is 1. The number of nitrogens with zero attached hydrogens (tertiary/aromatic N) is 2. The smallest absolute Gasteiger partial charge is 0.264 e. The molecule has 3 aromatic rings. The third-order valence-corrected chi connectivity index (χ3v) is 8.39. The van der Waals surface area contributed by atoms with Gasteiger partial charge in [0, 0.05) is 31.7 Å². The first-order valence-electron chi connectivity index (χ1n) is 11.9. The molecule has 7 nitrogen and oxygen atoms in total. The van der Waals surface area contributed by atoms with Gasteiger partial charge in [0.2, 0.25) is 0 Å². The predicted octanol–water partition coefficient (Wildman–Crippen LogP) is 3.24. The summed E-state index contributed by atoms with van der Waals surface area (Å²) in [6, 6.07) is 23.5. The number of sulfonamides is 1. The van der Waals surface area contributed by atoms with Crippen molar-refractivity contribution in [2.24, 2.45) is 0 Å². The van der Waals surface area contributed by atoms with Crippen molar-refractivity contribution in [1.29, 1.82) is 0 Å². The number of amides is 1. The van der Waals surface area contributed by atoms with Crippen LogP contribution in [0.3, 0.4) is 0 Å². The lowest BCUT2D eigenvalue weighted by Crippen LogP contribution is -2.43. The van der Waals surface area contributed by atoms with Gasteiger partial charge in [0.15, 0.2) is 0 Å².